The molecule has 2 aromatic heterocycles. The molecule has 0 N–H and O–H groups in total. The highest BCUT2D eigenvalue weighted by atomic mass is 16.5. The zero-order chi connectivity index (χ0) is 17.4. The second kappa shape index (κ2) is 6.27. The van der Waals surface area contributed by atoms with Gasteiger partial charge in [-0.2, -0.15) is 0 Å². The number of fused-ring (bicyclic) bond motifs is 1. The molecular weight excluding hydrogens is 318 g/mol. The quantitative estimate of drug-likeness (QED) is 0.733. The number of carbonyl (C=O) groups is 1. The number of amides is 1. The van der Waals surface area contributed by atoms with Crippen LogP contribution in [-0.4, -0.2) is 40.6 Å². The van der Waals surface area contributed by atoms with Crippen LogP contribution in [0.1, 0.15) is 35.0 Å². The normalized spacial score (nSPS) is 17.8. The minimum absolute atomic E-state index is 0.0440. The first-order chi connectivity index (χ1) is 12.2. The molecule has 1 amide bonds. The van der Waals surface area contributed by atoms with Crippen molar-refractivity contribution in [2.45, 2.75) is 25.8 Å². The minimum Gasteiger partial charge on any atom is -0.497 e. The van der Waals surface area contributed by atoms with E-state index >= 15 is 0 Å². The van der Waals surface area contributed by atoms with Crippen molar-refractivity contribution in [2.24, 2.45) is 0 Å². The van der Waals surface area contributed by atoms with Gasteiger partial charge < -0.3 is 18.6 Å². The maximum atomic E-state index is 13.0. The Balaban J connectivity index is 1.62. The van der Waals surface area contributed by atoms with Crippen LogP contribution in [0.25, 0.3) is 11.0 Å². The smallest absolute Gasteiger partial charge is 0.289 e. The Morgan fingerprint density at radius 2 is 2.28 bits per heavy atom. The fourth-order valence-corrected chi connectivity index (χ4v) is 3.54. The molecule has 0 radical (unpaired) electrons. The summed E-state index contributed by atoms with van der Waals surface area (Å²) in [6, 6.07) is 5.87. The van der Waals surface area contributed by atoms with Crippen molar-refractivity contribution >= 4 is 16.9 Å². The van der Waals surface area contributed by atoms with Crippen LogP contribution in [0, 0.1) is 6.92 Å². The molecule has 130 valence electrons. The van der Waals surface area contributed by atoms with Crippen LogP contribution in [0.15, 0.2) is 41.3 Å². The number of likely N-dealkylation sites (tertiary alicyclic amines) is 1. The first kappa shape index (κ1) is 15.7. The molecule has 0 spiro atoms. The Morgan fingerprint density at radius 3 is 3.04 bits per heavy atom. The average molecular weight is 339 g/mol. The molecule has 6 heteroatoms. The third kappa shape index (κ3) is 2.77. The van der Waals surface area contributed by atoms with E-state index in [1.807, 2.05) is 42.5 Å². The number of aromatic nitrogens is 2. The lowest BCUT2D eigenvalue weighted by molar-refractivity contribution is 0.0648. The van der Waals surface area contributed by atoms with Crippen molar-refractivity contribution in [1.29, 1.82) is 0 Å². The van der Waals surface area contributed by atoms with Crippen molar-refractivity contribution in [3.63, 3.8) is 0 Å². The van der Waals surface area contributed by atoms with Gasteiger partial charge in [-0.15, -0.1) is 0 Å². The molecule has 1 fully saturated rings. The molecule has 0 saturated carbocycles. The number of ether oxygens (including phenoxy) is 1. The maximum Gasteiger partial charge on any atom is 0.289 e. The van der Waals surface area contributed by atoms with Crippen LogP contribution < -0.4 is 4.74 Å². The second-order valence-corrected chi connectivity index (χ2v) is 6.48. The molecule has 0 bridgehead atoms. The van der Waals surface area contributed by atoms with Gasteiger partial charge in [0.05, 0.1) is 19.5 Å². The zero-order valence-corrected chi connectivity index (χ0v) is 14.4. The van der Waals surface area contributed by atoms with Crippen LogP contribution in [0.4, 0.5) is 0 Å². The first-order valence-electron chi connectivity index (χ1n) is 8.51. The Labute approximate surface area is 146 Å². The van der Waals surface area contributed by atoms with Crippen LogP contribution in [0.2, 0.25) is 0 Å². The summed E-state index contributed by atoms with van der Waals surface area (Å²) in [7, 11) is 1.63. The predicted octanol–water partition coefficient (Wildman–Crippen LogP) is 3.42. The van der Waals surface area contributed by atoms with Gasteiger partial charge in [0, 0.05) is 36.4 Å². The molecule has 6 nitrogen and oxygen atoms in total. The first-order valence-corrected chi connectivity index (χ1v) is 8.51. The Hall–Kier alpha value is -2.76. The molecule has 0 aliphatic carbocycles. The topological polar surface area (TPSA) is 60.5 Å². The van der Waals surface area contributed by atoms with E-state index in [0.717, 1.165) is 36.1 Å². The van der Waals surface area contributed by atoms with E-state index in [1.165, 1.54) is 0 Å². The van der Waals surface area contributed by atoms with Gasteiger partial charge in [-0.05, 0) is 38.0 Å². The molecule has 1 atom stereocenters. The molecular formula is C19H21N3O3. The zero-order valence-electron chi connectivity index (χ0n) is 14.4. The van der Waals surface area contributed by atoms with E-state index in [2.05, 4.69) is 9.55 Å². The Bertz CT molecular complexity index is 898. The van der Waals surface area contributed by atoms with Gasteiger partial charge in [-0.25, -0.2) is 4.98 Å². The van der Waals surface area contributed by atoms with E-state index in [-0.39, 0.29) is 11.9 Å². The summed E-state index contributed by atoms with van der Waals surface area (Å²) in [5.41, 5.74) is 1.58. The molecule has 3 aromatic rings. The molecule has 25 heavy (non-hydrogen) atoms. The highest BCUT2D eigenvalue weighted by Crippen LogP contribution is 2.31. The minimum atomic E-state index is -0.0440. The summed E-state index contributed by atoms with van der Waals surface area (Å²) >= 11 is 0. The predicted molar refractivity (Wildman–Crippen MR) is 93.9 cm³/mol. The van der Waals surface area contributed by atoms with Crippen molar-refractivity contribution in [3.8, 4) is 5.75 Å². The number of hydrogen-bond donors (Lipinski definition) is 0. The van der Waals surface area contributed by atoms with Crippen LogP contribution in [-0.2, 0) is 0 Å². The standard InChI is InChI=1S/C19H21N3O3/c1-13-16-10-15(24-2)5-6-17(16)25-18(13)19(23)21-8-3-4-14(11-21)22-9-7-20-12-22/h5-7,9-10,12,14H,3-4,8,11H2,1-2H3/t14-/m1/s1. The van der Waals surface area contributed by atoms with Crippen molar-refractivity contribution in [1.82, 2.24) is 14.5 Å². The van der Waals surface area contributed by atoms with Gasteiger partial charge in [-0.3, -0.25) is 4.79 Å². The molecule has 0 unspecified atom stereocenters. The number of aryl methyl sites for hydroxylation is 1. The summed E-state index contributed by atoms with van der Waals surface area (Å²) in [5, 5.41) is 0.922. The number of rotatable bonds is 3. The maximum absolute atomic E-state index is 13.0. The van der Waals surface area contributed by atoms with Crippen molar-refractivity contribution in [3.05, 3.63) is 48.2 Å². The third-order valence-corrected chi connectivity index (χ3v) is 4.97. The number of piperidine rings is 1. The van der Waals surface area contributed by atoms with E-state index < -0.39 is 0 Å². The van der Waals surface area contributed by atoms with E-state index in [1.54, 1.807) is 13.3 Å². The monoisotopic (exact) mass is 339 g/mol. The largest absolute Gasteiger partial charge is 0.497 e. The average Bonchev–Trinajstić information content (AvgIpc) is 3.30. The van der Waals surface area contributed by atoms with Gasteiger partial charge in [0.25, 0.3) is 5.91 Å². The van der Waals surface area contributed by atoms with Crippen LogP contribution in [0.3, 0.4) is 0 Å². The molecule has 1 aliphatic heterocycles. The fourth-order valence-electron chi connectivity index (χ4n) is 3.54. The van der Waals surface area contributed by atoms with Crippen LogP contribution in [0.5, 0.6) is 5.75 Å². The van der Waals surface area contributed by atoms with Gasteiger partial charge in [0.2, 0.25) is 0 Å². The van der Waals surface area contributed by atoms with Gasteiger partial charge in [0.15, 0.2) is 5.76 Å². The Kier molecular flexibility index (Phi) is 3.95. The lowest BCUT2D eigenvalue weighted by Crippen LogP contribution is -2.40. The van der Waals surface area contributed by atoms with Crippen molar-refractivity contribution in [2.75, 3.05) is 20.2 Å². The number of methoxy groups -OCH3 is 1. The number of imidazole rings is 1. The summed E-state index contributed by atoms with van der Waals surface area (Å²) in [5.74, 6) is 1.14. The fraction of sp³-hybridized carbons (Fsp3) is 0.368. The molecule has 4 rings (SSSR count). The van der Waals surface area contributed by atoms with E-state index in [4.69, 9.17) is 9.15 Å². The van der Waals surface area contributed by atoms with E-state index in [9.17, 15) is 4.79 Å². The third-order valence-electron chi connectivity index (χ3n) is 4.97. The second-order valence-electron chi connectivity index (χ2n) is 6.48. The lowest BCUT2D eigenvalue weighted by Gasteiger charge is -2.33. The Morgan fingerprint density at radius 1 is 1.40 bits per heavy atom. The lowest BCUT2D eigenvalue weighted by atomic mass is 10.0. The number of furan rings is 1. The number of benzene rings is 1. The van der Waals surface area contributed by atoms with E-state index in [0.29, 0.717) is 17.9 Å². The van der Waals surface area contributed by atoms with Gasteiger partial charge in [0.1, 0.15) is 11.3 Å². The number of carbonyl (C=O) groups excluding carboxylic acids is 1. The summed E-state index contributed by atoms with van der Waals surface area (Å²) in [4.78, 5) is 19.0. The number of nitrogens with zero attached hydrogens (tertiary/aromatic N) is 3. The summed E-state index contributed by atoms with van der Waals surface area (Å²) < 4.78 is 13.2. The molecule has 1 aliphatic rings. The van der Waals surface area contributed by atoms with Crippen LogP contribution >= 0.6 is 0 Å². The van der Waals surface area contributed by atoms with Gasteiger partial charge >= 0.3 is 0 Å². The summed E-state index contributed by atoms with van der Waals surface area (Å²) in [6.45, 7) is 3.36. The molecule has 1 saturated heterocycles. The highest BCUT2D eigenvalue weighted by molar-refractivity contribution is 5.99. The molecule has 3 heterocycles. The van der Waals surface area contributed by atoms with Gasteiger partial charge in [-0.1, -0.05) is 0 Å². The van der Waals surface area contributed by atoms with Crippen molar-refractivity contribution < 1.29 is 13.9 Å². The SMILES string of the molecule is COc1ccc2oc(C(=O)N3CCC[C@@H](n4ccnc4)C3)c(C)c2c1. The number of hydrogen-bond acceptors (Lipinski definition) is 4. The molecule has 1 aromatic carbocycles. The highest BCUT2D eigenvalue weighted by Gasteiger charge is 2.28. The summed E-state index contributed by atoms with van der Waals surface area (Å²) in [6.07, 6.45) is 7.57.